The number of hydrogen-bond donors (Lipinski definition) is 0. The van der Waals surface area contributed by atoms with Crippen molar-refractivity contribution in [1.29, 1.82) is 0 Å². The maximum Gasteiger partial charge on any atom is 0.305 e. The Morgan fingerprint density at radius 3 is 1.43 bits per heavy atom. The largest absolute Gasteiger partial charge is 0.469 e. The minimum absolute atomic E-state index is 0.106. The maximum absolute atomic E-state index is 12.9. The van der Waals surface area contributed by atoms with Gasteiger partial charge in [-0.25, -0.2) is 0 Å². The Bertz CT molecular complexity index is 3820. The first-order valence-corrected chi connectivity index (χ1v) is 20.1. The molecule has 2 spiro atoms. The Labute approximate surface area is 303 Å². The molecule has 0 N–H and O–H groups in total. The average Bonchev–Trinajstić information content (AvgIpc) is 3.96. The third kappa shape index (κ3) is 1.71. The molecule has 0 aliphatic heterocycles. The van der Waals surface area contributed by atoms with Crippen LogP contribution in [-0.4, -0.2) is 13.1 Å². The second-order valence-electron chi connectivity index (χ2n) is 17.4. The second-order valence-corrected chi connectivity index (χ2v) is 18.3. The first-order valence-electron chi connectivity index (χ1n) is 19.2. The lowest BCUT2D eigenvalue weighted by Gasteiger charge is -2.31. The van der Waals surface area contributed by atoms with Crippen LogP contribution in [0.1, 0.15) is 46.4 Å². The van der Waals surface area contributed by atoms with Gasteiger partial charge in [-0.05, 0) is 176 Å². The third-order valence-corrected chi connectivity index (χ3v) is 17.7. The van der Waals surface area contributed by atoms with E-state index in [9.17, 15) is 4.79 Å². The SMILES string of the molecule is COC(=O)CCCC1(c2cccs2)C23C4=CC=C5c6ccc7c8ccc9c%10ccc%11c%12ccc4c4c2c2c%13c(c6c7c6c8c9c7c%10c%11c(c4%12)c2c7c%136)C513. The predicted octanol–water partition coefficient (Wildman–Crippen LogP) is 12.5. The van der Waals surface area contributed by atoms with Gasteiger partial charge in [0.05, 0.1) is 7.11 Å². The van der Waals surface area contributed by atoms with Crippen molar-refractivity contribution in [3.05, 3.63) is 105 Å². The van der Waals surface area contributed by atoms with Gasteiger partial charge in [0.1, 0.15) is 0 Å². The average molecular weight is 687 g/mol. The van der Waals surface area contributed by atoms with E-state index in [4.69, 9.17) is 4.74 Å². The highest BCUT2D eigenvalue weighted by Gasteiger charge is 2.94. The van der Waals surface area contributed by atoms with Crippen LogP contribution in [0.5, 0.6) is 0 Å². The van der Waals surface area contributed by atoms with Crippen LogP contribution in [0.2, 0.25) is 0 Å². The molecule has 18 rings (SSSR count). The predicted molar refractivity (Wildman–Crippen MR) is 220 cm³/mol. The van der Waals surface area contributed by atoms with Crippen molar-refractivity contribution in [3.8, 4) is 0 Å². The summed E-state index contributed by atoms with van der Waals surface area (Å²) < 4.78 is 5.28. The van der Waals surface area contributed by atoms with E-state index in [0.29, 0.717) is 6.42 Å². The maximum atomic E-state index is 12.9. The quantitative estimate of drug-likeness (QED) is 0.133. The molecule has 1 fully saturated rings. The van der Waals surface area contributed by atoms with Crippen LogP contribution in [0.3, 0.4) is 0 Å². The molecule has 13 aromatic rings. The lowest BCUT2D eigenvalue weighted by Crippen LogP contribution is -2.25. The van der Waals surface area contributed by atoms with Gasteiger partial charge in [0.25, 0.3) is 0 Å². The number of fused-ring (bicyclic) bond motifs is 5. The van der Waals surface area contributed by atoms with E-state index in [1.165, 1.54) is 126 Å². The van der Waals surface area contributed by atoms with Gasteiger partial charge >= 0.3 is 5.97 Å². The lowest BCUT2D eigenvalue weighted by atomic mass is 9.70. The van der Waals surface area contributed by atoms with E-state index < -0.39 is 0 Å². The van der Waals surface area contributed by atoms with Gasteiger partial charge in [-0.3, -0.25) is 4.79 Å². The van der Waals surface area contributed by atoms with Gasteiger partial charge < -0.3 is 4.74 Å². The first kappa shape index (κ1) is 24.5. The molecular weight excluding hydrogens is 665 g/mol. The number of allylic oxidation sites excluding steroid dienone is 4. The Kier molecular flexibility index (Phi) is 3.02. The van der Waals surface area contributed by atoms with E-state index in [-0.39, 0.29) is 22.2 Å². The minimum atomic E-state index is -0.244. The first-order chi connectivity index (χ1) is 26.2. The van der Waals surface area contributed by atoms with Crippen molar-refractivity contribution in [1.82, 2.24) is 0 Å². The van der Waals surface area contributed by atoms with Gasteiger partial charge in [0, 0.05) is 27.5 Å². The van der Waals surface area contributed by atoms with Gasteiger partial charge in [-0.1, -0.05) is 66.7 Å². The minimum Gasteiger partial charge on any atom is -0.469 e. The summed E-state index contributed by atoms with van der Waals surface area (Å²) in [6, 6.07) is 24.5. The molecule has 0 saturated heterocycles. The van der Waals surface area contributed by atoms with E-state index in [1.807, 2.05) is 11.3 Å². The Hall–Kier alpha value is -5.77. The molecule has 1 heterocycles. The van der Waals surface area contributed by atoms with E-state index in [0.717, 1.165) is 12.8 Å². The summed E-state index contributed by atoms with van der Waals surface area (Å²) in [4.78, 5) is 14.4. The monoisotopic (exact) mass is 686 g/mol. The summed E-state index contributed by atoms with van der Waals surface area (Å²) >= 11 is 1.94. The summed E-state index contributed by atoms with van der Waals surface area (Å²) in [7, 11) is 1.54. The van der Waals surface area contributed by atoms with Crippen molar-refractivity contribution in [3.63, 3.8) is 0 Å². The lowest BCUT2D eigenvalue weighted by molar-refractivity contribution is -0.140. The molecule has 5 aliphatic carbocycles. The van der Waals surface area contributed by atoms with Gasteiger partial charge in [0.2, 0.25) is 0 Å². The van der Waals surface area contributed by atoms with Gasteiger partial charge in [-0.15, -0.1) is 11.3 Å². The molecule has 2 atom stereocenters. The van der Waals surface area contributed by atoms with Crippen LogP contribution < -0.4 is 0 Å². The molecule has 12 aromatic carbocycles. The summed E-state index contributed by atoms with van der Waals surface area (Å²) in [6.07, 6.45) is 7.29. The third-order valence-electron chi connectivity index (χ3n) is 16.6. The number of hydrogen-bond acceptors (Lipinski definition) is 3. The summed E-state index contributed by atoms with van der Waals surface area (Å²) in [5.41, 5.74) is 8.45. The van der Waals surface area contributed by atoms with Crippen LogP contribution in [0, 0.1) is 0 Å². The fourth-order valence-electron chi connectivity index (χ4n) is 15.8. The van der Waals surface area contributed by atoms with Crippen LogP contribution in [0.15, 0.2) is 78.2 Å². The number of carbonyl (C=O) groups excluding carboxylic acids is 1. The Balaban J connectivity index is 1.24. The molecule has 2 nitrogen and oxygen atoms in total. The zero-order chi connectivity index (χ0) is 33.5. The molecule has 53 heavy (non-hydrogen) atoms. The number of benzene rings is 8. The van der Waals surface area contributed by atoms with Crippen LogP contribution >= 0.6 is 11.3 Å². The smallest absolute Gasteiger partial charge is 0.305 e. The number of methoxy groups -OCH3 is 1. The normalized spacial score (nSPS) is 25.1. The van der Waals surface area contributed by atoms with Crippen molar-refractivity contribution in [2.24, 2.45) is 0 Å². The van der Waals surface area contributed by atoms with Crippen LogP contribution in [0.4, 0.5) is 0 Å². The van der Waals surface area contributed by atoms with Crippen LogP contribution in [-0.2, 0) is 25.8 Å². The van der Waals surface area contributed by atoms with Crippen molar-refractivity contribution < 1.29 is 9.53 Å². The molecule has 1 saturated carbocycles. The standard InChI is InChI=1S/C50H22O2S/c1-52-29(51)5-2-16-48(28-4-3-17-53-28)49-26-14-15-27-25-13-11-23-21-9-7-19-18-6-8-20-22-10-12-24(26)36-34(22)39-32(20)30(18)38-31(19)33(21)40-35(23)37(25)47(50(27,48)49)45-43(40)41(38)42(39)44(45)46(36)49/h3-4,6-15,17H,2,5,16H2,1H3. The zero-order valence-corrected chi connectivity index (χ0v) is 29.2. The zero-order valence-electron chi connectivity index (χ0n) is 28.4. The van der Waals surface area contributed by atoms with Crippen LogP contribution in [0.25, 0.3) is 130 Å². The van der Waals surface area contributed by atoms with E-state index in [2.05, 4.69) is 78.2 Å². The van der Waals surface area contributed by atoms with Gasteiger partial charge in [-0.2, -0.15) is 0 Å². The highest BCUT2D eigenvalue weighted by molar-refractivity contribution is 7.10. The fourth-order valence-corrected chi connectivity index (χ4v) is 16.9. The molecule has 0 amide bonds. The number of rotatable bonds is 5. The van der Waals surface area contributed by atoms with Crippen molar-refractivity contribution in [2.75, 3.05) is 7.11 Å². The molecule has 1 aromatic heterocycles. The van der Waals surface area contributed by atoms with E-state index in [1.54, 1.807) is 38.1 Å². The number of thiophene rings is 1. The van der Waals surface area contributed by atoms with Crippen molar-refractivity contribution in [2.45, 2.75) is 35.5 Å². The molecule has 0 radical (unpaired) electrons. The van der Waals surface area contributed by atoms with Crippen molar-refractivity contribution >= 4 is 147 Å². The summed E-state index contributed by atoms with van der Waals surface area (Å²) in [5.74, 6) is -0.106. The molecule has 2 unspecified atom stereocenters. The Morgan fingerprint density at radius 1 is 0.547 bits per heavy atom. The topological polar surface area (TPSA) is 26.3 Å². The highest BCUT2D eigenvalue weighted by atomic mass is 32.1. The molecule has 240 valence electrons. The molecule has 0 bridgehead atoms. The van der Waals surface area contributed by atoms with E-state index >= 15 is 0 Å². The second kappa shape index (κ2) is 6.54. The molecular formula is C50H22O2S. The molecule has 3 heteroatoms. The number of esters is 1. The number of ether oxygens (including phenoxy) is 1. The summed E-state index contributed by atoms with van der Waals surface area (Å²) in [5, 5.41) is 35.3. The fraction of sp³-hybridized carbons (Fsp3) is 0.140. The molecule has 5 aliphatic rings. The van der Waals surface area contributed by atoms with Gasteiger partial charge in [0.15, 0.2) is 0 Å². The highest BCUT2D eigenvalue weighted by Crippen LogP contribution is 2.95. The summed E-state index contributed by atoms with van der Waals surface area (Å²) in [6.45, 7) is 0. The number of carbonyl (C=O) groups is 1. The Morgan fingerprint density at radius 2 is 0.981 bits per heavy atom.